The van der Waals surface area contributed by atoms with Gasteiger partial charge in [0.1, 0.15) is 7.05 Å². The first kappa shape index (κ1) is 26.2. The Morgan fingerprint density at radius 2 is 1.33 bits per heavy atom. The lowest BCUT2D eigenvalue weighted by atomic mass is 10.2. The summed E-state index contributed by atoms with van der Waals surface area (Å²) in [5, 5.41) is 4.46. The number of hydrogen-bond donors (Lipinski definition) is 0. The second-order valence-corrected chi connectivity index (χ2v) is 9.38. The summed E-state index contributed by atoms with van der Waals surface area (Å²) in [6.07, 6.45) is 5.54. The molecule has 0 aliphatic heterocycles. The highest BCUT2D eigenvalue weighted by atomic mass is 32.3. The molecule has 0 spiro atoms. The van der Waals surface area contributed by atoms with Crippen LogP contribution in [-0.4, -0.2) is 42.7 Å². The van der Waals surface area contributed by atoms with Crippen LogP contribution in [0.5, 0.6) is 0 Å². The predicted molar refractivity (Wildman–Crippen MR) is 101 cm³/mol. The van der Waals surface area contributed by atoms with Gasteiger partial charge in [0.05, 0.1) is 5.21 Å². The third kappa shape index (κ3) is 6.48. The summed E-state index contributed by atoms with van der Waals surface area (Å²) in [6.45, 7) is 0. The zero-order chi connectivity index (χ0) is 25.1. The molecule has 1 aromatic carbocycles. The summed E-state index contributed by atoms with van der Waals surface area (Å²) in [4.78, 5) is 4.01. The van der Waals surface area contributed by atoms with Gasteiger partial charge in [-0.05, 0) is 0 Å². The SMILES string of the molecule is C[n+]1nn(-c2ccncc2)cc1-c1ccccc1.O=S(=O)([N-]S(=O)(=O)C(F)(F)F)C(F)(F)F. The molecule has 180 valence electrons. The number of sulfonamides is 2. The van der Waals surface area contributed by atoms with Gasteiger partial charge in [-0.1, -0.05) is 30.3 Å². The van der Waals surface area contributed by atoms with Crippen LogP contribution in [0.2, 0.25) is 0 Å². The second-order valence-electron chi connectivity index (χ2n) is 5.96. The highest BCUT2D eigenvalue weighted by molar-refractivity contribution is 8.13. The van der Waals surface area contributed by atoms with Crippen molar-refractivity contribution < 1.29 is 47.9 Å². The molecular formula is C16H13F6N5O4S2. The average Bonchev–Trinajstić information content (AvgIpc) is 3.09. The number of nitrogens with zero attached hydrogens (tertiary/aromatic N) is 5. The summed E-state index contributed by atoms with van der Waals surface area (Å²) in [7, 11) is -11.5. The van der Waals surface area contributed by atoms with Crippen LogP contribution in [0, 0.1) is 0 Å². The Kier molecular flexibility index (Phi) is 7.49. The molecule has 0 aliphatic rings. The summed E-state index contributed by atoms with van der Waals surface area (Å²) in [5.74, 6) is 0. The molecule has 2 aromatic heterocycles. The van der Waals surface area contributed by atoms with Crippen LogP contribution < -0.4 is 4.68 Å². The monoisotopic (exact) mass is 517 g/mol. The molecule has 17 heteroatoms. The van der Waals surface area contributed by atoms with E-state index in [-0.39, 0.29) is 0 Å². The van der Waals surface area contributed by atoms with Gasteiger partial charge < -0.3 is 4.13 Å². The largest absolute Gasteiger partial charge is 0.480 e. The molecule has 0 aliphatic carbocycles. The summed E-state index contributed by atoms with van der Waals surface area (Å²) in [6, 6.07) is 14.1. The maximum atomic E-state index is 11.4. The van der Waals surface area contributed by atoms with Gasteiger partial charge in [-0.15, -0.1) is 9.36 Å². The fourth-order valence-corrected chi connectivity index (χ4v) is 3.83. The number of pyridine rings is 1. The average molecular weight is 517 g/mol. The third-order valence-corrected chi connectivity index (χ3v) is 6.34. The van der Waals surface area contributed by atoms with E-state index >= 15 is 0 Å². The number of benzene rings is 1. The minimum atomic E-state index is -6.72. The highest BCUT2D eigenvalue weighted by Gasteiger charge is 2.46. The number of halogens is 6. The first-order valence-corrected chi connectivity index (χ1v) is 11.2. The maximum Gasteiger partial charge on any atom is 0.480 e. The molecule has 0 saturated heterocycles. The number of hydrogen-bond acceptors (Lipinski definition) is 6. The minimum Gasteiger partial charge on any atom is -0.421 e. The van der Waals surface area contributed by atoms with Crippen molar-refractivity contribution >= 4 is 20.0 Å². The molecular weight excluding hydrogens is 504 g/mol. The van der Waals surface area contributed by atoms with Crippen LogP contribution in [-0.2, 0) is 27.1 Å². The van der Waals surface area contributed by atoms with Crippen molar-refractivity contribution in [1.82, 2.24) is 14.9 Å². The first-order valence-electron chi connectivity index (χ1n) is 8.34. The zero-order valence-electron chi connectivity index (χ0n) is 16.2. The van der Waals surface area contributed by atoms with E-state index in [9.17, 15) is 43.2 Å². The molecule has 33 heavy (non-hydrogen) atoms. The molecule has 9 nitrogen and oxygen atoms in total. The van der Waals surface area contributed by atoms with Crippen LogP contribution in [0.15, 0.2) is 61.1 Å². The molecule has 0 atom stereocenters. The van der Waals surface area contributed by atoms with Crippen molar-refractivity contribution in [2.75, 3.05) is 0 Å². The molecule has 0 radical (unpaired) electrons. The van der Waals surface area contributed by atoms with Gasteiger partial charge in [-0.2, -0.15) is 26.3 Å². The Morgan fingerprint density at radius 1 is 0.848 bits per heavy atom. The van der Waals surface area contributed by atoms with E-state index in [2.05, 4.69) is 22.3 Å². The molecule has 0 amide bonds. The quantitative estimate of drug-likeness (QED) is 0.388. The van der Waals surface area contributed by atoms with Crippen LogP contribution in [0.4, 0.5) is 26.3 Å². The number of aromatic nitrogens is 4. The first-order chi connectivity index (χ1) is 15.1. The van der Waals surface area contributed by atoms with Crippen molar-refractivity contribution in [3.63, 3.8) is 0 Å². The molecule has 0 saturated carbocycles. The van der Waals surface area contributed by atoms with E-state index < -0.39 is 31.1 Å². The molecule has 0 unspecified atom stereocenters. The number of aryl methyl sites for hydroxylation is 1. The predicted octanol–water partition coefficient (Wildman–Crippen LogP) is 2.82. The standard InChI is InChI=1S/C14H13N4.C2F6NO4S2/c1-17-14(12-5-3-2-4-6-12)11-18(16-17)13-7-9-15-10-8-13;3-1(4,5)14(10,11)9-15(12,13)2(6,7)8/h2-11H,1H3;/q+1;-1. The maximum absolute atomic E-state index is 11.4. The van der Waals surface area contributed by atoms with Crippen molar-refractivity contribution in [1.29, 1.82) is 0 Å². The van der Waals surface area contributed by atoms with Gasteiger partial charge >= 0.3 is 11.0 Å². The van der Waals surface area contributed by atoms with Crippen LogP contribution in [0.25, 0.3) is 21.1 Å². The Bertz CT molecular complexity index is 1250. The zero-order valence-corrected chi connectivity index (χ0v) is 17.9. The smallest absolute Gasteiger partial charge is 0.421 e. The normalized spacial score (nSPS) is 12.7. The van der Waals surface area contributed by atoms with Crippen molar-refractivity contribution in [3.05, 3.63) is 65.2 Å². The van der Waals surface area contributed by atoms with E-state index in [1.807, 2.05) is 52.9 Å². The molecule has 0 N–H and O–H groups in total. The summed E-state index contributed by atoms with van der Waals surface area (Å²) in [5.41, 5.74) is -9.17. The van der Waals surface area contributed by atoms with Crippen molar-refractivity contribution in [2.45, 2.75) is 11.0 Å². The molecule has 0 bridgehead atoms. The Hall–Kier alpha value is -3.05. The molecule has 2 heterocycles. The second kappa shape index (κ2) is 9.44. The molecule has 3 rings (SSSR count). The van der Waals surface area contributed by atoms with Gasteiger partial charge in [0.15, 0.2) is 37.6 Å². The lowest BCUT2D eigenvalue weighted by molar-refractivity contribution is -0.721. The molecule has 0 fully saturated rings. The lowest BCUT2D eigenvalue weighted by Gasteiger charge is -2.22. The Morgan fingerprint density at radius 3 is 1.79 bits per heavy atom. The van der Waals surface area contributed by atoms with Crippen LogP contribution in [0.1, 0.15) is 0 Å². The lowest BCUT2D eigenvalue weighted by Crippen LogP contribution is -2.33. The number of alkyl halides is 6. The van der Waals surface area contributed by atoms with Crippen molar-refractivity contribution in [3.8, 4) is 16.9 Å². The third-order valence-electron chi connectivity index (χ3n) is 3.60. The molecule has 3 aromatic rings. The Balaban J connectivity index is 0.000000239. The summed E-state index contributed by atoms with van der Waals surface area (Å²) < 4.78 is 113. The summed E-state index contributed by atoms with van der Waals surface area (Å²) >= 11 is 0. The van der Waals surface area contributed by atoms with E-state index in [0.717, 1.165) is 21.1 Å². The van der Waals surface area contributed by atoms with Gasteiger partial charge in [0.25, 0.3) is 0 Å². The topological polar surface area (TPSA) is 117 Å². The van der Waals surface area contributed by atoms with Gasteiger partial charge in [-0.25, -0.2) is 16.8 Å². The van der Waals surface area contributed by atoms with Gasteiger partial charge in [-0.3, -0.25) is 4.98 Å². The van der Waals surface area contributed by atoms with Gasteiger partial charge in [0, 0.05) is 30.1 Å². The fourth-order valence-electron chi connectivity index (χ4n) is 2.12. The Labute approximate surface area is 183 Å². The van der Waals surface area contributed by atoms with Gasteiger partial charge in [0.2, 0.25) is 0 Å². The van der Waals surface area contributed by atoms with E-state index in [4.69, 9.17) is 0 Å². The minimum absolute atomic E-state index is 0.778. The van der Waals surface area contributed by atoms with E-state index in [1.165, 1.54) is 0 Å². The van der Waals surface area contributed by atoms with Crippen molar-refractivity contribution in [2.24, 2.45) is 7.05 Å². The van der Waals surface area contributed by atoms with Crippen LogP contribution >= 0.6 is 0 Å². The highest BCUT2D eigenvalue weighted by Crippen LogP contribution is 2.36. The van der Waals surface area contributed by atoms with E-state index in [0.29, 0.717) is 0 Å². The van der Waals surface area contributed by atoms with E-state index in [1.54, 1.807) is 12.4 Å². The van der Waals surface area contributed by atoms with Crippen LogP contribution in [0.3, 0.4) is 0 Å². The number of rotatable bonds is 4. The fraction of sp³-hybridized carbons (Fsp3) is 0.188.